The van der Waals surface area contributed by atoms with E-state index in [1.165, 1.54) is 11.3 Å². The highest BCUT2D eigenvalue weighted by Gasteiger charge is 2.26. The van der Waals surface area contributed by atoms with E-state index in [0.717, 1.165) is 22.6 Å². The Morgan fingerprint density at radius 3 is 3.14 bits per heavy atom. The number of para-hydroxylation sites is 1. The molecule has 2 N–H and O–H groups in total. The molecule has 0 aliphatic carbocycles. The summed E-state index contributed by atoms with van der Waals surface area (Å²) in [5, 5.41) is 12.2. The number of nitrogens with zero attached hydrogens (tertiary/aromatic N) is 2. The van der Waals surface area contributed by atoms with Gasteiger partial charge in [0.1, 0.15) is 23.7 Å². The van der Waals surface area contributed by atoms with Gasteiger partial charge in [0, 0.05) is 22.7 Å². The molecule has 104 valence electrons. The molecule has 0 saturated heterocycles. The molecule has 21 heavy (non-hydrogen) atoms. The van der Waals surface area contributed by atoms with Crippen LogP contribution in [0.5, 0.6) is 5.75 Å². The van der Waals surface area contributed by atoms with Crippen molar-refractivity contribution in [3.63, 3.8) is 0 Å². The lowest BCUT2D eigenvalue weighted by molar-refractivity contribution is 0.102. The van der Waals surface area contributed by atoms with E-state index in [1.807, 2.05) is 24.3 Å². The maximum Gasteiger partial charge on any atom is 0.275 e. The number of rotatable bonds is 2. The molecular weight excluding hydrogens is 288 g/mol. The topological polar surface area (TPSA) is 79.9 Å². The van der Waals surface area contributed by atoms with Crippen molar-refractivity contribution in [1.29, 1.82) is 0 Å². The SMILES string of the molecule is O=C(Nc1nccs1)c1[nH]nc2c1COc1ccccc1-2. The van der Waals surface area contributed by atoms with Crippen LogP contribution in [0.15, 0.2) is 35.8 Å². The number of carbonyl (C=O) groups is 1. The first-order valence-electron chi connectivity index (χ1n) is 6.33. The normalized spacial score (nSPS) is 12.2. The van der Waals surface area contributed by atoms with E-state index >= 15 is 0 Å². The fourth-order valence-electron chi connectivity index (χ4n) is 2.30. The molecule has 4 rings (SSSR count). The van der Waals surface area contributed by atoms with Crippen molar-refractivity contribution in [2.45, 2.75) is 6.61 Å². The Bertz CT molecular complexity index is 810. The smallest absolute Gasteiger partial charge is 0.275 e. The number of carbonyl (C=O) groups excluding carboxylic acids is 1. The number of hydrogen-bond donors (Lipinski definition) is 2. The van der Waals surface area contributed by atoms with Crippen molar-refractivity contribution in [2.24, 2.45) is 0 Å². The molecule has 0 atom stereocenters. The van der Waals surface area contributed by atoms with Crippen LogP contribution in [0.25, 0.3) is 11.3 Å². The minimum Gasteiger partial charge on any atom is -0.488 e. The van der Waals surface area contributed by atoms with E-state index < -0.39 is 0 Å². The molecule has 0 radical (unpaired) electrons. The first-order valence-corrected chi connectivity index (χ1v) is 7.21. The predicted molar refractivity (Wildman–Crippen MR) is 78.4 cm³/mol. The highest BCUT2D eigenvalue weighted by Crippen LogP contribution is 2.37. The van der Waals surface area contributed by atoms with Crippen LogP contribution < -0.4 is 10.1 Å². The Morgan fingerprint density at radius 2 is 2.29 bits per heavy atom. The zero-order valence-electron chi connectivity index (χ0n) is 10.8. The lowest BCUT2D eigenvalue weighted by atomic mass is 10.0. The minimum absolute atomic E-state index is 0.262. The zero-order chi connectivity index (χ0) is 14.2. The number of benzene rings is 1. The first-order chi connectivity index (χ1) is 10.3. The summed E-state index contributed by atoms with van der Waals surface area (Å²) in [5.41, 5.74) is 2.84. The third kappa shape index (κ3) is 1.98. The van der Waals surface area contributed by atoms with E-state index in [0.29, 0.717) is 17.4 Å². The molecule has 0 fully saturated rings. The molecule has 0 spiro atoms. The van der Waals surface area contributed by atoms with Crippen LogP contribution >= 0.6 is 11.3 Å². The summed E-state index contributed by atoms with van der Waals surface area (Å²) in [6.07, 6.45) is 1.64. The number of thiazole rings is 1. The average Bonchev–Trinajstić information content (AvgIpc) is 3.15. The molecular formula is C14H10N4O2S. The van der Waals surface area contributed by atoms with Gasteiger partial charge in [0.05, 0.1) is 0 Å². The largest absolute Gasteiger partial charge is 0.488 e. The molecule has 1 aliphatic rings. The summed E-state index contributed by atoms with van der Waals surface area (Å²) in [4.78, 5) is 16.3. The van der Waals surface area contributed by atoms with Crippen LogP contribution in [0.3, 0.4) is 0 Å². The molecule has 0 bridgehead atoms. The van der Waals surface area contributed by atoms with E-state index in [1.54, 1.807) is 11.6 Å². The number of anilines is 1. The molecule has 1 aromatic carbocycles. The molecule has 1 amide bonds. The fraction of sp³-hybridized carbons (Fsp3) is 0.0714. The van der Waals surface area contributed by atoms with E-state index in [9.17, 15) is 4.79 Å². The number of nitrogens with one attached hydrogen (secondary N) is 2. The van der Waals surface area contributed by atoms with Gasteiger partial charge in [-0.1, -0.05) is 12.1 Å². The fourth-order valence-corrected chi connectivity index (χ4v) is 2.82. The monoisotopic (exact) mass is 298 g/mol. The van der Waals surface area contributed by atoms with Crippen molar-refractivity contribution in [3.05, 3.63) is 47.1 Å². The Morgan fingerprint density at radius 1 is 1.38 bits per heavy atom. The molecule has 0 saturated carbocycles. The van der Waals surface area contributed by atoms with Crippen molar-refractivity contribution < 1.29 is 9.53 Å². The predicted octanol–water partition coefficient (Wildman–Crippen LogP) is 2.68. The molecule has 2 aromatic heterocycles. The highest BCUT2D eigenvalue weighted by atomic mass is 32.1. The molecule has 1 aliphatic heterocycles. The van der Waals surface area contributed by atoms with Crippen molar-refractivity contribution in [3.8, 4) is 17.0 Å². The van der Waals surface area contributed by atoms with Crippen molar-refractivity contribution in [1.82, 2.24) is 15.2 Å². The Hall–Kier alpha value is -2.67. The van der Waals surface area contributed by atoms with Gasteiger partial charge in [-0.15, -0.1) is 11.3 Å². The number of aromatic amines is 1. The van der Waals surface area contributed by atoms with Crippen LogP contribution in [0.4, 0.5) is 5.13 Å². The van der Waals surface area contributed by atoms with Gasteiger partial charge in [-0.3, -0.25) is 15.2 Å². The standard InChI is InChI=1S/C14H10N4O2S/c19-13(16-14-15-5-6-21-14)12-9-7-20-10-4-2-1-3-8(10)11(9)17-18-12/h1-6H,7H2,(H,17,18)(H,15,16,19). The third-order valence-electron chi connectivity index (χ3n) is 3.26. The Kier molecular flexibility index (Phi) is 2.71. The van der Waals surface area contributed by atoms with Gasteiger partial charge in [0.2, 0.25) is 0 Å². The molecule has 3 heterocycles. The lowest BCUT2D eigenvalue weighted by Crippen LogP contribution is -2.16. The van der Waals surface area contributed by atoms with Crippen LogP contribution in [0, 0.1) is 0 Å². The van der Waals surface area contributed by atoms with Crippen LogP contribution in [-0.4, -0.2) is 21.1 Å². The summed E-state index contributed by atoms with van der Waals surface area (Å²) in [7, 11) is 0. The number of ether oxygens (including phenoxy) is 1. The maximum atomic E-state index is 12.3. The molecule has 3 aromatic rings. The lowest BCUT2D eigenvalue weighted by Gasteiger charge is -2.16. The van der Waals surface area contributed by atoms with Gasteiger partial charge >= 0.3 is 0 Å². The van der Waals surface area contributed by atoms with E-state index in [4.69, 9.17) is 4.74 Å². The van der Waals surface area contributed by atoms with Gasteiger partial charge in [-0.05, 0) is 12.1 Å². The van der Waals surface area contributed by atoms with Gasteiger partial charge in [-0.2, -0.15) is 5.10 Å². The molecule has 6 nitrogen and oxygen atoms in total. The Labute approximate surface area is 123 Å². The third-order valence-corrected chi connectivity index (χ3v) is 3.95. The van der Waals surface area contributed by atoms with Crippen LogP contribution in [0.2, 0.25) is 0 Å². The maximum absolute atomic E-state index is 12.3. The van der Waals surface area contributed by atoms with Gasteiger partial charge in [0.25, 0.3) is 5.91 Å². The summed E-state index contributed by atoms with van der Waals surface area (Å²) < 4.78 is 5.68. The second kappa shape index (κ2) is 4.71. The van der Waals surface area contributed by atoms with Crippen LogP contribution in [-0.2, 0) is 6.61 Å². The molecule has 0 unspecified atom stereocenters. The molecule has 7 heteroatoms. The second-order valence-electron chi connectivity index (χ2n) is 4.50. The number of aromatic nitrogens is 3. The van der Waals surface area contributed by atoms with Gasteiger partial charge < -0.3 is 4.74 Å². The highest BCUT2D eigenvalue weighted by molar-refractivity contribution is 7.13. The van der Waals surface area contributed by atoms with Crippen LogP contribution in [0.1, 0.15) is 16.1 Å². The number of H-pyrrole nitrogens is 1. The average molecular weight is 298 g/mol. The summed E-state index contributed by atoms with van der Waals surface area (Å²) in [6, 6.07) is 7.65. The van der Waals surface area contributed by atoms with Gasteiger partial charge in [-0.25, -0.2) is 4.98 Å². The second-order valence-corrected chi connectivity index (χ2v) is 5.40. The Balaban J connectivity index is 1.71. The van der Waals surface area contributed by atoms with E-state index in [2.05, 4.69) is 20.5 Å². The van der Waals surface area contributed by atoms with Gasteiger partial charge in [0.15, 0.2) is 5.13 Å². The minimum atomic E-state index is -0.262. The van der Waals surface area contributed by atoms with E-state index in [-0.39, 0.29) is 5.91 Å². The quantitative estimate of drug-likeness (QED) is 0.762. The number of hydrogen-bond acceptors (Lipinski definition) is 5. The number of fused-ring (bicyclic) bond motifs is 3. The van der Waals surface area contributed by atoms with Crippen molar-refractivity contribution >= 4 is 22.4 Å². The first kappa shape index (κ1) is 12.1. The number of amides is 1. The van der Waals surface area contributed by atoms with Crippen molar-refractivity contribution in [2.75, 3.05) is 5.32 Å². The summed E-state index contributed by atoms with van der Waals surface area (Å²) >= 11 is 1.37. The zero-order valence-corrected chi connectivity index (χ0v) is 11.6. The summed E-state index contributed by atoms with van der Waals surface area (Å²) in [6.45, 7) is 0.323. The summed E-state index contributed by atoms with van der Waals surface area (Å²) in [5.74, 6) is 0.519.